The van der Waals surface area contributed by atoms with Crippen molar-refractivity contribution in [1.29, 1.82) is 0 Å². The predicted molar refractivity (Wildman–Crippen MR) is 117 cm³/mol. The normalized spacial score (nSPS) is 11.3. The molecule has 144 valence electrons. The number of hydrogen-bond donors (Lipinski definition) is 2. The first-order chi connectivity index (χ1) is 14.1. The van der Waals surface area contributed by atoms with E-state index in [1.54, 1.807) is 24.3 Å². The van der Waals surface area contributed by atoms with Gasteiger partial charge in [-0.15, -0.1) is 0 Å². The van der Waals surface area contributed by atoms with Crippen LogP contribution >= 0.6 is 0 Å². The van der Waals surface area contributed by atoms with Gasteiger partial charge in [0.15, 0.2) is 0 Å². The van der Waals surface area contributed by atoms with Crippen molar-refractivity contribution in [1.82, 2.24) is 5.43 Å². The van der Waals surface area contributed by atoms with E-state index in [-0.39, 0.29) is 11.8 Å². The minimum Gasteiger partial charge on any atom is -0.326 e. The summed E-state index contributed by atoms with van der Waals surface area (Å²) in [5, 5.41) is 6.98. The van der Waals surface area contributed by atoms with Gasteiger partial charge < -0.3 is 5.32 Å². The lowest BCUT2D eigenvalue weighted by Gasteiger charge is -2.06. The maximum atomic E-state index is 12.5. The molecule has 0 heterocycles. The van der Waals surface area contributed by atoms with Crippen molar-refractivity contribution in [3.63, 3.8) is 0 Å². The van der Waals surface area contributed by atoms with Crippen LogP contribution < -0.4 is 10.7 Å². The molecular formula is C24H21N3O2. The molecule has 0 aliphatic heterocycles. The Balaban J connectivity index is 1.78. The average molecular weight is 383 g/mol. The van der Waals surface area contributed by atoms with Crippen LogP contribution in [0.2, 0.25) is 0 Å². The Morgan fingerprint density at radius 2 is 1.41 bits per heavy atom. The number of carbonyl (C=O) groups is 2. The highest BCUT2D eigenvalue weighted by molar-refractivity contribution is 6.11. The summed E-state index contributed by atoms with van der Waals surface area (Å²) in [6.45, 7) is 1.43. The van der Waals surface area contributed by atoms with Crippen molar-refractivity contribution in [2.24, 2.45) is 5.10 Å². The summed E-state index contributed by atoms with van der Waals surface area (Å²) in [5.41, 5.74) is 6.25. The van der Waals surface area contributed by atoms with Gasteiger partial charge in [0.25, 0.3) is 5.91 Å². The monoisotopic (exact) mass is 383 g/mol. The lowest BCUT2D eigenvalue weighted by molar-refractivity contribution is -0.114. The van der Waals surface area contributed by atoms with Gasteiger partial charge in [-0.3, -0.25) is 9.59 Å². The molecule has 0 fully saturated rings. The standard InChI is InChI=1S/C24H21N3O2/c1-18(28)25-22-15-13-21(14-16-22)24(29)27-26-23(20-10-6-3-7-11-20)17-12-19-8-4-2-5-9-19/h2-17H,1H3,(H,25,28)(H,27,29)/b17-12-,26-23?. The van der Waals surface area contributed by atoms with Gasteiger partial charge in [0.1, 0.15) is 0 Å². The number of nitrogens with one attached hydrogen (secondary N) is 2. The molecule has 29 heavy (non-hydrogen) atoms. The van der Waals surface area contributed by atoms with Gasteiger partial charge in [-0.25, -0.2) is 5.43 Å². The average Bonchev–Trinajstić information content (AvgIpc) is 2.75. The maximum absolute atomic E-state index is 12.5. The van der Waals surface area contributed by atoms with E-state index in [9.17, 15) is 9.59 Å². The molecule has 0 saturated heterocycles. The third-order valence-corrected chi connectivity index (χ3v) is 4.05. The van der Waals surface area contributed by atoms with E-state index in [2.05, 4.69) is 15.8 Å². The van der Waals surface area contributed by atoms with Gasteiger partial charge in [-0.1, -0.05) is 66.7 Å². The zero-order valence-corrected chi connectivity index (χ0v) is 16.0. The van der Waals surface area contributed by atoms with Gasteiger partial charge >= 0.3 is 0 Å². The van der Waals surface area contributed by atoms with Crippen molar-refractivity contribution in [2.75, 3.05) is 5.32 Å². The van der Waals surface area contributed by atoms with Gasteiger partial charge in [-0.2, -0.15) is 5.10 Å². The molecule has 5 nitrogen and oxygen atoms in total. The first-order valence-corrected chi connectivity index (χ1v) is 9.16. The molecule has 0 bridgehead atoms. The zero-order valence-electron chi connectivity index (χ0n) is 16.0. The topological polar surface area (TPSA) is 70.6 Å². The lowest BCUT2D eigenvalue weighted by atomic mass is 10.1. The predicted octanol–water partition coefficient (Wildman–Crippen LogP) is 4.49. The molecule has 0 atom stereocenters. The fraction of sp³-hybridized carbons (Fsp3) is 0.0417. The van der Waals surface area contributed by atoms with Crippen LogP contribution in [0, 0.1) is 0 Å². The molecule has 0 radical (unpaired) electrons. The molecule has 3 aromatic carbocycles. The van der Waals surface area contributed by atoms with Crippen molar-refractivity contribution in [2.45, 2.75) is 6.92 Å². The fourth-order valence-corrected chi connectivity index (χ4v) is 2.63. The van der Waals surface area contributed by atoms with E-state index in [1.165, 1.54) is 6.92 Å². The number of amides is 2. The Kier molecular flexibility index (Phi) is 6.68. The molecule has 0 saturated carbocycles. The van der Waals surface area contributed by atoms with Crippen molar-refractivity contribution < 1.29 is 9.59 Å². The molecule has 5 heteroatoms. The molecule has 0 unspecified atom stereocenters. The second kappa shape index (κ2) is 9.80. The summed E-state index contributed by atoms with van der Waals surface area (Å²) in [6, 6.07) is 26.1. The minimum absolute atomic E-state index is 0.162. The Labute approximate surface area is 169 Å². The van der Waals surface area contributed by atoms with Crippen LogP contribution in [0.25, 0.3) is 6.08 Å². The number of allylic oxidation sites excluding steroid dienone is 1. The number of benzene rings is 3. The van der Waals surface area contributed by atoms with E-state index in [4.69, 9.17) is 0 Å². The van der Waals surface area contributed by atoms with Crippen molar-refractivity contribution in [3.05, 3.63) is 108 Å². The first-order valence-electron chi connectivity index (χ1n) is 9.16. The Bertz CT molecular complexity index is 1020. The molecule has 2 amide bonds. The minimum atomic E-state index is -0.332. The number of hydrazone groups is 1. The van der Waals surface area contributed by atoms with E-state index >= 15 is 0 Å². The van der Waals surface area contributed by atoms with Gasteiger partial charge in [0, 0.05) is 23.7 Å². The molecule has 3 rings (SSSR count). The molecule has 0 aromatic heterocycles. The van der Waals surface area contributed by atoms with Crippen LogP contribution in [-0.2, 0) is 4.79 Å². The van der Waals surface area contributed by atoms with Gasteiger partial charge in [0.2, 0.25) is 5.91 Å². The van der Waals surface area contributed by atoms with Gasteiger partial charge in [-0.05, 0) is 35.9 Å². The van der Waals surface area contributed by atoms with Crippen molar-refractivity contribution >= 4 is 29.3 Å². The third kappa shape index (κ3) is 6.01. The molecular weight excluding hydrogens is 362 g/mol. The van der Waals surface area contributed by atoms with E-state index < -0.39 is 0 Å². The fourth-order valence-electron chi connectivity index (χ4n) is 2.63. The number of rotatable bonds is 6. The van der Waals surface area contributed by atoms with Crippen LogP contribution in [0.5, 0.6) is 0 Å². The maximum Gasteiger partial charge on any atom is 0.271 e. The number of nitrogens with zero attached hydrogens (tertiary/aromatic N) is 1. The van der Waals surface area contributed by atoms with Crippen molar-refractivity contribution in [3.8, 4) is 0 Å². The molecule has 0 aliphatic carbocycles. The van der Waals surface area contributed by atoms with Crippen LogP contribution in [0.3, 0.4) is 0 Å². The summed E-state index contributed by atoms with van der Waals surface area (Å²) < 4.78 is 0. The van der Waals surface area contributed by atoms with Crippen LogP contribution in [0.15, 0.2) is 96.1 Å². The van der Waals surface area contributed by atoms with E-state index in [0.29, 0.717) is 17.0 Å². The summed E-state index contributed by atoms with van der Waals surface area (Å²) in [5.74, 6) is -0.495. The highest BCUT2D eigenvalue weighted by Gasteiger charge is 2.06. The summed E-state index contributed by atoms with van der Waals surface area (Å²) in [7, 11) is 0. The second-order valence-electron chi connectivity index (χ2n) is 6.31. The van der Waals surface area contributed by atoms with Gasteiger partial charge in [0.05, 0.1) is 5.71 Å². The number of anilines is 1. The highest BCUT2D eigenvalue weighted by atomic mass is 16.2. The quantitative estimate of drug-likeness (QED) is 0.486. The highest BCUT2D eigenvalue weighted by Crippen LogP contribution is 2.10. The lowest BCUT2D eigenvalue weighted by Crippen LogP contribution is -2.19. The number of carbonyl (C=O) groups excluding carboxylic acids is 2. The Hall–Kier alpha value is -3.99. The molecule has 0 aliphatic rings. The number of hydrogen-bond acceptors (Lipinski definition) is 3. The SMILES string of the molecule is CC(=O)Nc1ccc(C(=O)NN=C(/C=C\c2ccccc2)c2ccccc2)cc1. The Morgan fingerprint density at radius 1 is 0.793 bits per heavy atom. The summed E-state index contributed by atoms with van der Waals surface area (Å²) in [4.78, 5) is 23.6. The second-order valence-corrected chi connectivity index (χ2v) is 6.31. The molecule has 2 N–H and O–H groups in total. The summed E-state index contributed by atoms with van der Waals surface area (Å²) >= 11 is 0. The Morgan fingerprint density at radius 3 is 2.03 bits per heavy atom. The zero-order chi connectivity index (χ0) is 20.5. The van der Waals surface area contributed by atoms with Crippen LogP contribution in [-0.4, -0.2) is 17.5 Å². The van der Waals surface area contributed by atoms with E-state index in [0.717, 1.165) is 11.1 Å². The summed E-state index contributed by atoms with van der Waals surface area (Å²) in [6.07, 6.45) is 3.81. The third-order valence-electron chi connectivity index (χ3n) is 4.05. The first kappa shape index (κ1) is 19.8. The molecule has 0 spiro atoms. The molecule has 3 aromatic rings. The van der Waals surface area contributed by atoms with Crippen LogP contribution in [0.1, 0.15) is 28.4 Å². The van der Waals surface area contributed by atoms with E-state index in [1.807, 2.05) is 72.8 Å². The largest absolute Gasteiger partial charge is 0.326 e. The smallest absolute Gasteiger partial charge is 0.271 e. The van der Waals surface area contributed by atoms with Crippen LogP contribution in [0.4, 0.5) is 5.69 Å².